The highest BCUT2D eigenvalue weighted by Gasteiger charge is 2.30. The molecule has 1 saturated heterocycles. The first-order chi connectivity index (χ1) is 9.35. The van der Waals surface area contributed by atoms with E-state index in [0.717, 1.165) is 32.2 Å². The lowest BCUT2D eigenvalue weighted by atomic mass is 9.83. The maximum absolute atomic E-state index is 9.46. The van der Waals surface area contributed by atoms with Crippen LogP contribution in [0, 0.1) is 5.92 Å². The van der Waals surface area contributed by atoms with Gasteiger partial charge < -0.3 is 15.2 Å². The van der Waals surface area contributed by atoms with Crippen LogP contribution in [0.5, 0.6) is 0 Å². The normalized spacial score (nSPS) is 33.5. The van der Waals surface area contributed by atoms with Crippen molar-refractivity contribution in [1.29, 1.82) is 0 Å². The summed E-state index contributed by atoms with van der Waals surface area (Å²) in [7, 11) is 0. The van der Waals surface area contributed by atoms with Gasteiger partial charge in [0.05, 0.1) is 25.9 Å². The zero-order valence-electron chi connectivity index (χ0n) is 12.3. The van der Waals surface area contributed by atoms with Crippen LogP contribution in [0.2, 0.25) is 0 Å². The van der Waals surface area contributed by atoms with Gasteiger partial charge in [0.1, 0.15) is 0 Å². The van der Waals surface area contributed by atoms with E-state index in [1.807, 2.05) is 0 Å². The smallest absolute Gasteiger partial charge is 0.0644 e. The molecule has 0 radical (unpaired) electrons. The van der Waals surface area contributed by atoms with Gasteiger partial charge in [0, 0.05) is 19.1 Å². The highest BCUT2D eigenvalue weighted by Crippen LogP contribution is 2.26. The van der Waals surface area contributed by atoms with Crippen molar-refractivity contribution in [3.05, 3.63) is 0 Å². The minimum Gasteiger partial charge on any atom is -0.395 e. The van der Waals surface area contributed by atoms with Crippen LogP contribution in [0.15, 0.2) is 0 Å². The highest BCUT2D eigenvalue weighted by molar-refractivity contribution is 4.85. The van der Waals surface area contributed by atoms with Crippen molar-refractivity contribution in [2.75, 3.05) is 39.5 Å². The SMILES string of the molecule is CCCNC1CCCCC1CN1CCOCC1CO. The molecule has 1 aliphatic heterocycles. The second-order valence-corrected chi connectivity index (χ2v) is 6.01. The van der Waals surface area contributed by atoms with Crippen molar-refractivity contribution in [3.63, 3.8) is 0 Å². The summed E-state index contributed by atoms with van der Waals surface area (Å²) < 4.78 is 5.47. The van der Waals surface area contributed by atoms with E-state index >= 15 is 0 Å². The van der Waals surface area contributed by atoms with Gasteiger partial charge in [-0.3, -0.25) is 4.90 Å². The minimum atomic E-state index is 0.211. The molecule has 4 nitrogen and oxygen atoms in total. The van der Waals surface area contributed by atoms with E-state index in [-0.39, 0.29) is 12.6 Å². The second-order valence-electron chi connectivity index (χ2n) is 6.01. The molecule has 1 saturated carbocycles. The Morgan fingerprint density at radius 2 is 2.16 bits per heavy atom. The van der Waals surface area contributed by atoms with Gasteiger partial charge in [-0.05, 0) is 31.7 Å². The molecule has 3 unspecified atom stereocenters. The Morgan fingerprint density at radius 1 is 1.32 bits per heavy atom. The number of aliphatic hydroxyl groups excluding tert-OH is 1. The van der Waals surface area contributed by atoms with Crippen LogP contribution in [-0.4, -0.2) is 61.5 Å². The van der Waals surface area contributed by atoms with Gasteiger partial charge in [-0.1, -0.05) is 19.8 Å². The minimum absolute atomic E-state index is 0.211. The predicted octanol–water partition coefficient (Wildman–Crippen LogP) is 1.24. The third-order valence-corrected chi connectivity index (χ3v) is 4.59. The van der Waals surface area contributed by atoms with E-state index in [0.29, 0.717) is 12.6 Å². The predicted molar refractivity (Wildman–Crippen MR) is 77.3 cm³/mol. The summed E-state index contributed by atoms with van der Waals surface area (Å²) in [4.78, 5) is 2.44. The molecule has 0 amide bonds. The molecular formula is C15H30N2O2. The first-order valence-corrected chi connectivity index (χ1v) is 8.01. The summed E-state index contributed by atoms with van der Waals surface area (Å²) >= 11 is 0. The number of aliphatic hydroxyl groups is 1. The van der Waals surface area contributed by atoms with E-state index < -0.39 is 0 Å². The van der Waals surface area contributed by atoms with Crippen molar-refractivity contribution in [1.82, 2.24) is 10.2 Å². The lowest BCUT2D eigenvalue weighted by Gasteiger charge is -2.40. The van der Waals surface area contributed by atoms with Crippen molar-refractivity contribution in [3.8, 4) is 0 Å². The van der Waals surface area contributed by atoms with Gasteiger partial charge >= 0.3 is 0 Å². The van der Waals surface area contributed by atoms with Gasteiger partial charge in [-0.25, -0.2) is 0 Å². The lowest BCUT2D eigenvalue weighted by molar-refractivity contribution is -0.0375. The third-order valence-electron chi connectivity index (χ3n) is 4.59. The number of hydrogen-bond acceptors (Lipinski definition) is 4. The fraction of sp³-hybridized carbons (Fsp3) is 1.00. The number of morpholine rings is 1. The molecule has 4 heteroatoms. The summed E-state index contributed by atoms with van der Waals surface area (Å²) in [6.45, 7) is 7.19. The summed E-state index contributed by atoms with van der Waals surface area (Å²) in [5, 5.41) is 13.2. The van der Waals surface area contributed by atoms with E-state index in [2.05, 4.69) is 17.1 Å². The fourth-order valence-electron chi connectivity index (χ4n) is 3.42. The van der Waals surface area contributed by atoms with E-state index in [1.165, 1.54) is 32.1 Å². The molecule has 112 valence electrons. The molecule has 0 aromatic carbocycles. The number of ether oxygens (including phenoxy) is 1. The van der Waals surface area contributed by atoms with Crippen LogP contribution in [0.25, 0.3) is 0 Å². The Balaban J connectivity index is 1.86. The molecule has 3 atom stereocenters. The molecule has 2 N–H and O–H groups in total. The highest BCUT2D eigenvalue weighted by atomic mass is 16.5. The summed E-state index contributed by atoms with van der Waals surface area (Å²) in [6, 6.07) is 0.887. The standard InChI is InChI=1S/C15H30N2O2/c1-2-7-16-15-6-4-3-5-13(15)10-17-8-9-19-12-14(17)11-18/h13-16,18H,2-12H2,1H3. The average Bonchev–Trinajstić information content (AvgIpc) is 2.47. The summed E-state index contributed by atoms with van der Waals surface area (Å²) in [5.74, 6) is 0.743. The molecule has 2 fully saturated rings. The summed E-state index contributed by atoms with van der Waals surface area (Å²) in [5.41, 5.74) is 0. The van der Waals surface area contributed by atoms with Crippen LogP contribution < -0.4 is 5.32 Å². The molecule has 2 rings (SSSR count). The molecule has 19 heavy (non-hydrogen) atoms. The van der Waals surface area contributed by atoms with Crippen LogP contribution in [0.4, 0.5) is 0 Å². The van der Waals surface area contributed by atoms with Gasteiger partial charge in [0.2, 0.25) is 0 Å². The fourth-order valence-corrected chi connectivity index (χ4v) is 3.42. The van der Waals surface area contributed by atoms with Crippen LogP contribution in [0.3, 0.4) is 0 Å². The van der Waals surface area contributed by atoms with Gasteiger partial charge in [-0.15, -0.1) is 0 Å². The third kappa shape index (κ3) is 4.42. The first kappa shape index (κ1) is 15.2. The van der Waals surface area contributed by atoms with Crippen molar-refractivity contribution in [2.24, 2.45) is 5.92 Å². The lowest BCUT2D eigenvalue weighted by Crippen LogP contribution is -2.52. The second kappa shape index (κ2) is 8.20. The quantitative estimate of drug-likeness (QED) is 0.762. The number of nitrogens with one attached hydrogen (secondary N) is 1. The van der Waals surface area contributed by atoms with Crippen molar-refractivity contribution >= 4 is 0 Å². The monoisotopic (exact) mass is 270 g/mol. The molecule has 1 heterocycles. The molecule has 2 aliphatic rings. The Bertz CT molecular complexity index is 250. The van der Waals surface area contributed by atoms with Crippen LogP contribution in [-0.2, 0) is 4.74 Å². The number of nitrogens with zero attached hydrogens (tertiary/aromatic N) is 1. The largest absolute Gasteiger partial charge is 0.395 e. The molecule has 0 bridgehead atoms. The molecular weight excluding hydrogens is 240 g/mol. The van der Waals surface area contributed by atoms with Gasteiger partial charge in [0.15, 0.2) is 0 Å². The Hall–Kier alpha value is -0.160. The molecule has 0 aromatic heterocycles. The molecule has 1 aliphatic carbocycles. The Morgan fingerprint density at radius 3 is 2.95 bits per heavy atom. The maximum Gasteiger partial charge on any atom is 0.0644 e. The topological polar surface area (TPSA) is 44.7 Å². The van der Waals surface area contributed by atoms with Crippen LogP contribution in [0.1, 0.15) is 39.0 Å². The summed E-state index contributed by atoms with van der Waals surface area (Å²) in [6.07, 6.45) is 6.59. The average molecular weight is 270 g/mol. The number of rotatable bonds is 6. The van der Waals surface area contributed by atoms with Crippen LogP contribution >= 0.6 is 0 Å². The van der Waals surface area contributed by atoms with Crippen molar-refractivity contribution < 1.29 is 9.84 Å². The molecule has 0 spiro atoms. The Kier molecular flexibility index (Phi) is 6.57. The van der Waals surface area contributed by atoms with E-state index in [1.54, 1.807) is 0 Å². The van der Waals surface area contributed by atoms with Gasteiger partial charge in [0.25, 0.3) is 0 Å². The first-order valence-electron chi connectivity index (χ1n) is 8.01. The van der Waals surface area contributed by atoms with Crippen molar-refractivity contribution in [2.45, 2.75) is 51.1 Å². The van der Waals surface area contributed by atoms with Gasteiger partial charge in [-0.2, -0.15) is 0 Å². The van der Waals surface area contributed by atoms with E-state index in [9.17, 15) is 5.11 Å². The Labute approximate surface area is 117 Å². The maximum atomic E-state index is 9.46. The zero-order valence-corrected chi connectivity index (χ0v) is 12.3. The molecule has 0 aromatic rings. The zero-order chi connectivity index (χ0) is 13.5. The number of hydrogen-bond donors (Lipinski definition) is 2. The van der Waals surface area contributed by atoms with E-state index in [4.69, 9.17) is 4.74 Å².